The summed E-state index contributed by atoms with van der Waals surface area (Å²) in [6.07, 6.45) is 5.15. The average Bonchev–Trinajstić information content (AvgIpc) is 2.71. The molecule has 1 saturated carbocycles. The van der Waals surface area contributed by atoms with Gasteiger partial charge in [-0.2, -0.15) is 0 Å². The van der Waals surface area contributed by atoms with Crippen molar-refractivity contribution in [2.45, 2.75) is 38.1 Å². The number of rotatable bonds is 5. The Morgan fingerprint density at radius 3 is 2.39 bits per heavy atom. The van der Waals surface area contributed by atoms with Crippen LogP contribution in [0, 0.1) is 0 Å². The van der Waals surface area contributed by atoms with E-state index in [4.69, 9.17) is 9.47 Å². The molecule has 7 nitrogen and oxygen atoms in total. The van der Waals surface area contributed by atoms with E-state index in [2.05, 4.69) is 10.6 Å². The third-order valence-corrected chi connectivity index (χ3v) is 4.82. The lowest BCUT2D eigenvalue weighted by Gasteiger charge is -2.22. The van der Waals surface area contributed by atoms with Crippen molar-refractivity contribution in [3.63, 3.8) is 0 Å². The van der Waals surface area contributed by atoms with Crippen molar-refractivity contribution in [2.75, 3.05) is 13.7 Å². The van der Waals surface area contributed by atoms with Gasteiger partial charge in [-0.05, 0) is 35.7 Å². The van der Waals surface area contributed by atoms with Crippen LogP contribution in [0.15, 0.2) is 36.4 Å². The van der Waals surface area contributed by atoms with E-state index in [0.717, 1.165) is 36.5 Å². The second-order valence-corrected chi connectivity index (χ2v) is 6.83. The summed E-state index contributed by atoms with van der Waals surface area (Å²) in [5.41, 5.74) is 0.223. The van der Waals surface area contributed by atoms with E-state index in [1.807, 2.05) is 24.3 Å². The number of ether oxygens (including phenoxy) is 2. The molecule has 3 rings (SSSR count). The highest BCUT2D eigenvalue weighted by Gasteiger charge is 2.19. The number of hydrogen-bond donors (Lipinski definition) is 2. The van der Waals surface area contributed by atoms with E-state index in [1.54, 1.807) is 12.1 Å². The molecule has 1 fully saturated rings. The lowest BCUT2D eigenvalue weighted by Crippen LogP contribution is -2.46. The van der Waals surface area contributed by atoms with Crippen molar-refractivity contribution in [1.82, 2.24) is 10.6 Å². The van der Waals surface area contributed by atoms with E-state index in [-0.39, 0.29) is 11.6 Å². The van der Waals surface area contributed by atoms with E-state index < -0.39 is 24.5 Å². The van der Waals surface area contributed by atoms with E-state index in [1.165, 1.54) is 13.5 Å². The van der Waals surface area contributed by atoms with Crippen molar-refractivity contribution in [3.8, 4) is 5.75 Å². The van der Waals surface area contributed by atoms with Gasteiger partial charge in [-0.15, -0.1) is 0 Å². The molecule has 3 amide bonds. The summed E-state index contributed by atoms with van der Waals surface area (Å²) in [7, 11) is 1.46. The Morgan fingerprint density at radius 1 is 1.04 bits per heavy atom. The summed E-state index contributed by atoms with van der Waals surface area (Å²) < 4.78 is 10.3. The van der Waals surface area contributed by atoms with Crippen LogP contribution in [0.1, 0.15) is 42.5 Å². The first kappa shape index (κ1) is 19.7. The van der Waals surface area contributed by atoms with Gasteiger partial charge in [0.15, 0.2) is 6.61 Å². The Balaban J connectivity index is 1.55. The van der Waals surface area contributed by atoms with Gasteiger partial charge < -0.3 is 14.8 Å². The van der Waals surface area contributed by atoms with Gasteiger partial charge >= 0.3 is 12.0 Å². The van der Waals surface area contributed by atoms with Crippen LogP contribution in [-0.2, 0) is 9.53 Å². The first-order chi connectivity index (χ1) is 13.6. The van der Waals surface area contributed by atoms with Gasteiger partial charge in [-0.3, -0.25) is 10.1 Å². The summed E-state index contributed by atoms with van der Waals surface area (Å²) in [4.78, 5) is 36.2. The highest BCUT2D eigenvalue weighted by atomic mass is 16.5. The molecular weight excluding hydrogens is 360 g/mol. The number of nitrogens with one attached hydrogen (secondary N) is 2. The number of carbonyl (C=O) groups is 3. The molecule has 0 heterocycles. The van der Waals surface area contributed by atoms with Crippen LogP contribution >= 0.6 is 0 Å². The number of esters is 1. The van der Waals surface area contributed by atoms with Gasteiger partial charge in [-0.25, -0.2) is 9.59 Å². The molecule has 2 N–H and O–H groups in total. The van der Waals surface area contributed by atoms with Crippen LogP contribution < -0.4 is 15.4 Å². The van der Waals surface area contributed by atoms with Crippen molar-refractivity contribution >= 4 is 28.7 Å². The maximum atomic E-state index is 12.4. The van der Waals surface area contributed by atoms with Crippen molar-refractivity contribution in [2.24, 2.45) is 0 Å². The molecule has 0 saturated heterocycles. The Morgan fingerprint density at radius 2 is 1.71 bits per heavy atom. The Bertz CT molecular complexity index is 874. The predicted molar refractivity (Wildman–Crippen MR) is 104 cm³/mol. The standard InChI is InChI=1S/C21H24N2O5/c1-27-18-12-15-8-6-5-7-14(15)11-17(18)20(25)28-13-19(24)23-21(26)22-16-9-3-2-4-10-16/h5-8,11-12,16H,2-4,9-10,13H2,1H3,(H2,22,23,24,26). The summed E-state index contributed by atoms with van der Waals surface area (Å²) in [6, 6.07) is 10.5. The average molecular weight is 384 g/mol. The highest BCUT2D eigenvalue weighted by Crippen LogP contribution is 2.26. The number of amides is 3. The second kappa shape index (κ2) is 9.21. The van der Waals surface area contributed by atoms with Crippen LogP contribution in [0.25, 0.3) is 10.8 Å². The topological polar surface area (TPSA) is 93.7 Å². The molecule has 2 aromatic carbocycles. The molecule has 148 valence electrons. The molecule has 28 heavy (non-hydrogen) atoms. The third-order valence-electron chi connectivity index (χ3n) is 4.82. The summed E-state index contributed by atoms with van der Waals surface area (Å²) in [6.45, 7) is -0.549. The highest BCUT2D eigenvalue weighted by molar-refractivity contribution is 6.00. The largest absolute Gasteiger partial charge is 0.496 e. The Hall–Kier alpha value is -3.09. The number of methoxy groups -OCH3 is 1. The minimum Gasteiger partial charge on any atom is -0.496 e. The molecule has 0 unspecified atom stereocenters. The molecule has 0 spiro atoms. The van der Waals surface area contributed by atoms with E-state index >= 15 is 0 Å². The predicted octanol–water partition coefficient (Wildman–Crippen LogP) is 3.16. The number of hydrogen-bond acceptors (Lipinski definition) is 5. The minimum absolute atomic E-state index is 0.0889. The molecule has 0 aliphatic heterocycles. The zero-order valence-electron chi connectivity index (χ0n) is 15.8. The summed E-state index contributed by atoms with van der Waals surface area (Å²) >= 11 is 0. The van der Waals surface area contributed by atoms with Crippen molar-refractivity contribution in [3.05, 3.63) is 42.0 Å². The maximum Gasteiger partial charge on any atom is 0.342 e. The Kier molecular flexibility index (Phi) is 6.47. The van der Waals surface area contributed by atoms with Gasteiger partial charge in [0.25, 0.3) is 5.91 Å². The number of carbonyl (C=O) groups excluding carboxylic acids is 3. The molecule has 7 heteroatoms. The molecule has 0 radical (unpaired) electrons. The Labute approximate surface area is 163 Å². The van der Waals surface area contributed by atoms with Crippen LogP contribution in [-0.4, -0.2) is 37.7 Å². The fourth-order valence-corrected chi connectivity index (χ4v) is 3.39. The SMILES string of the molecule is COc1cc2ccccc2cc1C(=O)OCC(=O)NC(=O)NC1CCCCC1. The van der Waals surface area contributed by atoms with Crippen LogP contribution in [0.5, 0.6) is 5.75 Å². The summed E-state index contributed by atoms with van der Waals surface area (Å²) in [5.74, 6) is -1.01. The second-order valence-electron chi connectivity index (χ2n) is 6.83. The third kappa shape index (κ3) is 5.00. The number of fused-ring (bicyclic) bond motifs is 1. The number of urea groups is 1. The molecule has 0 aromatic heterocycles. The van der Waals surface area contributed by atoms with Crippen molar-refractivity contribution < 1.29 is 23.9 Å². The quantitative estimate of drug-likeness (QED) is 0.773. The minimum atomic E-state index is -0.689. The van der Waals surface area contributed by atoms with Gasteiger partial charge in [0, 0.05) is 6.04 Å². The molecule has 1 aliphatic carbocycles. The van der Waals surface area contributed by atoms with Crippen molar-refractivity contribution in [1.29, 1.82) is 0 Å². The number of imide groups is 1. The fraction of sp³-hybridized carbons (Fsp3) is 0.381. The fourth-order valence-electron chi connectivity index (χ4n) is 3.39. The van der Waals surface area contributed by atoms with Crippen LogP contribution in [0.3, 0.4) is 0 Å². The monoisotopic (exact) mass is 384 g/mol. The lowest BCUT2D eigenvalue weighted by atomic mass is 9.96. The van der Waals surface area contributed by atoms with Crippen LogP contribution in [0.4, 0.5) is 4.79 Å². The molecular formula is C21H24N2O5. The van der Waals surface area contributed by atoms with Gasteiger partial charge in [0.2, 0.25) is 0 Å². The molecule has 1 aliphatic rings. The molecule has 0 atom stereocenters. The first-order valence-electron chi connectivity index (χ1n) is 9.41. The van der Waals surface area contributed by atoms with Gasteiger partial charge in [0.05, 0.1) is 7.11 Å². The van der Waals surface area contributed by atoms with E-state index in [9.17, 15) is 14.4 Å². The zero-order chi connectivity index (χ0) is 19.9. The van der Waals surface area contributed by atoms with E-state index in [0.29, 0.717) is 5.75 Å². The smallest absolute Gasteiger partial charge is 0.342 e. The van der Waals surface area contributed by atoms with Crippen LogP contribution in [0.2, 0.25) is 0 Å². The van der Waals surface area contributed by atoms with Gasteiger partial charge in [-0.1, -0.05) is 43.5 Å². The number of benzene rings is 2. The van der Waals surface area contributed by atoms with Gasteiger partial charge in [0.1, 0.15) is 11.3 Å². The zero-order valence-corrected chi connectivity index (χ0v) is 15.8. The normalized spacial score (nSPS) is 14.3. The molecule has 0 bridgehead atoms. The lowest BCUT2D eigenvalue weighted by molar-refractivity contribution is -0.123. The first-order valence-corrected chi connectivity index (χ1v) is 9.41. The summed E-state index contributed by atoms with van der Waals surface area (Å²) in [5, 5.41) is 6.75. The molecule has 2 aromatic rings. The maximum absolute atomic E-state index is 12.4.